The van der Waals surface area contributed by atoms with E-state index in [0.29, 0.717) is 44.6 Å². The van der Waals surface area contributed by atoms with Gasteiger partial charge in [-0.25, -0.2) is 4.98 Å². The number of fused-ring (bicyclic) bond motifs is 1. The molecule has 1 amide bonds. The summed E-state index contributed by atoms with van der Waals surface area (Å²) in [5, 5.41) is 0. The van der Waals surface area contributed by atoms with Crippen molar-refractivity contribution in [1.29, 1.82) is 0 Å². The lowest BCUT2D eigenvalue weighted by molar-refractivity contribution is -0.122. The molecule has 6 nitrogen and oxygen atoms in total. The summed E-state index contributed by atoms with van der Waals surface area (Å²) in [6.07, 6.45) is 4.59. The number of thioether (sulfide) groups is 1. The molecule has 0 aliphatic carbocycles. The number of piperidine rings is 1. The van der Waals surface area contributed by atoms with Gasteiger partial charge in [0.05, 0.1) is 17.0 Å². The van der Waals surface area contributed by atoms with E-state index in [0.717, 1.165) is 36.2 Å². The molecule has 2 saturated heterocycles. The maximum Gasteiger partial charge on any atom is 0.267 e. The van der Waals surface area contributed by atoms with Crippen molar-refractivity contribution in [3.8, 4) is 0 Å². The van der Waals surface area contributed by atoms with Gasteiger partial charge in [0, 0.05) is 19.3 Å². The molecule has 2 atom stereocenters. The van der Waals surface area contributed by atoms with E-state index in [1.807, 2.05) is 50.2 Å². The highest BCUT2D eigenvalue weighted by atomic mass is 32.2. The Morgan fingerprint density at radius 2 is 1.78 bits per heavy atom. The zero-order chi connectivity index (χ0) is 25.6. The van der Waals surface area contributed by atoms with Crippen molar-refractivity contribution in [3.05, 3.63) is 80.1 Å². The Balaban J connectivity index is 1.58. The predicted octanol–water partition coefficient (Wildman–Crippen LogP) is 5.20. The minimum Gasteiger partial charge on any atom is -0.355 e. The number of pyridine rings is 1. The molecule has 2 aromatic heterocycles. The number of benzene rings is 1. The van der Waals surface area contributed by atoms with Crippen LogP contribution in [0.25, 0.3) is 11.7 Å². The maximum absolute atomic E-state index is 13.8. The molecule has 2 aliphatic rings. The minimum absolute atomic E-state index is 0.173. The Morgan fingerprint density at radius 3 is 2.47 bits per heavy atom. The van der Waals surface area contributed by atoms with E-state index in [2.05, 4.69) is 18.7 Å². The van der Waals surface area contributed by atoms with Crippen LogP contribution in [0.5, 0.6) is 0 Å². The molecule has 0 radical (unpaired) electrons. The van der Waals surface area contributed by atoms with Crippen molar-refractivity contribution < 1.29 is 4.79 Å². The number of carbonyl (C=O) groups excluding carboxylic acids is 1. The molecule has 4 heterocycles. The average Bonchev–Trinajstić information content (AvgIpc) is 3.09. The summed E-state index contributed by atoms with van der Waals surface area (Å²) in [6, 6.07) is 11.9. The van der Waals surface area contributed by atoms with E-state index >= 15 is 0 Å². The van der Waals surface area contributed by atoms with Gasteiger partial charge in [0.15, 0.2) is 0 Å². The van der Waals surface area contributed by atoms with Gasteiger partial charge < -0.3 is 4.90 Å². The highest BCUT2D eigenvalue weighted by Crippen LogP contribution is 2.35. The highest BCUT2D eigenvalue weighted by molar-refractivity contribution is 8.26. The molecule has 2 unspecified atom stereocenters. The fraction of sp³-hybridized carbons (Fsp3) is 0.357. The summed E-state index contributed by atoms with van der Waals surface area (Å²) in [5.74, 6) is 1.46. The number of aryl methyl sites for hydroxylation is 2. The van der Waals surface area contributed by atoms with Crippen molar-refractivity contribution in [2.24, 2.45) is 11.8 Å². The standard InChI is InChI=1S/C28H30N4O2S2/c1-17-7-9-21(10-8-17)16-32-27(34)23(36-28(32)35)13-22-25(30-14-18(2)12-19(3)15-30)29-24-20(4)6-5-11-31(24)26(22)33/h5-11,13,18-19H,12,14-16H2,1-4H3/b23-13+. The van der Waals surface area contributed by atoms with Crippen molar-refractivity contribution in [1.82, 2.24) is 14.3 Å². The lowest BCUT2D eigenvalue weighted by Crippen LogP contribution is -2.40. The van der Waals surface area contributed by atoms with Crippen molar-refractivity contribution in [2.45, 2.75) is 40.7 Å². The zero-order valence-electron chi connectivity index (χ0n) is 21.0. The van der Waals surface area contributed by atoms with E-state index in [1.54, 1.807) is 21.6 Å². The Hall–Kier alpha value is -2.97. The van der Waals surface area contributed by atoms with Gasteiger partial charge in [-0.3, -0.25) is 18.9 Å². The summed E-state index contributed by atoms with van der Waals surface area (Å²) in [4.78, 5) is 36.5. The van der Waals surface area contributed by atoms with Crippen LogP contribution in [0.15, 0.2) is 52.3 Å². The quantitative estimate of drug-likeness (QED) is 0.350. The number of rotatable bonds is 4. The van der Waals surface area contributed by atoms with Crippen LogP contribution in [-0.4, -0.2) is 37.6 Å². The van der Waals surface area contributed by atoms with Gasteiger partial charge in [0.25, 0.3) is 11.5 Å². The summed E-state index contributed by atoms with van der Waals surface area (Å²) < 4.78 is 2.08. The molecule has 0 bridgehead atoms. The summed E-state index contributed by atoms with van der Waals surface area (Å²) in [5.41, 5.74) is 4.02. The SMILES string of the molecule is Cc1ccc(CN2C(=O)/C(=C\c3c(N4CC(C)CC(C)C4)nc4c(C)cccn4c3=O)SC2=S)cc1. The van der Waals surface area contributed by atoms with E-state index in [1.165, 1.54) is 11.8 Å². The van der Waals surface area contributed by atoms with E-state index in [4.69, 9.17) is 17.2 Å². The Bertz CT molecular complexity index is 1430. The summed E-state index contributed by atoms with van der Waals surface area (Å²) in [7, 11) is 0. The third-order valence-corrected chi connectivity index (χ3v) is 8.22. The molecule has 5 rings (SSSR count). The molecule has 0 N–H and O–H groups in total. The fourth-order valence-corrected chi connectivity index (χ4v) is 6.38. The summed E-state index contributed by atoms with van der Waals surface area (Å²) in [6.45, 7) is 10.5. The van der Waals surface area contributed by atoms with Crippen LogP contribution >= 0.6 is 24.0 Å². The lowest BCUT2D eigenvalue weighted by Gasteiger charge is -2.36. The van der Waals surface area contributed by atoms with Gasteiger partial charge in [-0.05, 0) is 55.4 Å². The number of aromatic nitrogens is 2. The lowest BCUT2D eigenvalue weighted by atomic mass is 9.91. The van der Waals surface area contributed by atoms with Crippen LogP contribution in [0.2, 0.25) is 0 Å². The van der Waals surface area contributed by atoms with Gasteiger partial charge in [0.1, 0.15) is 15.8 Å². The van der Waals surface area contributed by atoms with Crippen molar-refractivity contribution in [2.75, 3.05) is 18.0 Å². The van der Waals surface area contributed by atoms with Gasteiger partial charge in [-0.15, -0.1) is 0 Å². The number of thiocarbonyl (C=S) groups is 1. The van der Waals surface area contributed by atoms with E-state index in [9.17, 15) is 9.59 Å². The Morgan fingerprint density at radius 1 is 1.08 bits per heavy atom. The molecular weight excluding hydrogens is 488 g/mol. The Labute approximate surface area is 221 Å². The molecule has 1 aromatic carbocycles. The van der Waals surface area contributed by atoms with Crippen LogP contribution in [0, 0.1) is 25.7 Å². The van der Waals surface area contributed by atoms with Crippen LogP contribution in [-0.2, 0) is 11.3 Å². The van der Waals surface area contributed by atoms with Crippen molar-refractivity contribution >= 4 is 51.7 Å². The first kappa shape index (κ1) is 24.7. The molecular formula is C28H30N4O2S2. The van der Waals surface area contributed by atoms with Gasteiger partial charge >= 0.3 is 0 Å². The second-order valence-electron chi connectivity index (χ2n) is 10.1. The number of hydrogen-bond acceptors (Lipinski definition) is 6. The second-order valence-corrected chi connectivity index (χ2v) is 11.8. The number of anilines is 1. The second kappa shape index (κ2) is 9.82. The molecule has 2 fully saturated rings. The van der Waals surface area contributed by atoms with Crippen molar-refractivity contribution in [3.63, 3.8) is 0 Å². The van der Waals surface area contributed by atoms with Crippen LogP contribution < -0.4 is 10.5 Å². The monoisotopic (exact) mass is 518 g/mol. The molecule has 0 spiro atoms. The van der Waals surface area contributed by atoms with Gasteiger partial charge in [-0.1, -0.05) is 73.7 Å². The molecule has 2 aliphatic heterocycles. The third kappa shape index (κ3) is 4.72. The maximum atomic E-state index is 13.8. The fourth-order valence-electron chi connectivity index (χ4n) is 5.15. The van der Waals surface area contributed by atoms with E-state index in [-0.39, 0.29) is 11.5 Å². The third-order valence-electron chi connectivity index (χ3n) is 6.84. The topological polar surface area (TPSA) is 57.9 Å². The highest BCUT2D eigenvalue weighted by Gasteiger charge is 2.33. The van der Waals surface area contributed by atoms with E-state index < -0.39 is 0 Å². The number of nitrogens with zero attached hydrogens (tertiary/aromatic N) is 4. The molecule has 8 heteroatoms. The first-order valence-corrected chi connectivity index (χ1v) is 13.5. The van der Waals surface area contributed by atoms with Crippen LogP contribution in [0.1, 0.15) is 42.5 Å². The number of amides is 1. The largest absolute Gasteiger partial charge is 0.355 e. The number of carbonyl (C=O) groups is 1. The molecule has 186 valence electrons. The Kier molecular flexibility index (Phi) is 6.74. The van der Waals surface area contributed by atoms with Gasteiger partial charge in [0.2, 0.25) is 0 Å². The first-order valence-electron chi connectivity index (χ1n) is 12.3. The smallest absolute Gasteiger partial charge is 0.267 e. The van der Waals surface area contributed by atoms with Crippen LogP contribution in [0.3, 0.4) is 0 Å². The predicted molar refractivity (Wildman–Crippen MR) is 151 cm³/mol. The molecule has 3 aromatic rings. The first-order chi connectivity index (χ1) is 17.2. The molecule has 0 saturated carbocycles. The normalized spacial score (nSPS) is 21.7. The van der Waals surface area contributed by atoms with Gasteiger partial charge in [-0.2, -0.15) is 0 Å². The van der Waals surface area contributed by atoms with Crippen LogP contribution in [0.4, 0.5) is 5.82 Å². The zero-order valence-corrected chi connectivity index (χ0v) is 22.7. The minimum atomic E-state index is -0.175. The summed E-state index contributed by atoms with van der Waals surface area (Å²) >= 11 is 6.82. The average molecular weight is 519 g/mol. The number of hydrogen-bond donors (Lipinski definition) is 0. The molecule has 36 heavy (non-hydrogen) atoms.